The molecule has 0 amide bonds. The van der Waals surface area contributed by atoms with Crippen LogP contribution in [0, 0.1) is 23.7 Å². The highest BCUT2D eigenvalue weighted by atomic mass is 31.2. The second-order valence-electron chi connectivity index (χ2n) is 24.5. The summed E-state index contributed by atoms with van der Waals surface area (Å²) in [5.74, 6) is 0.724. The van der Waals surface area contributed by atoms with Crippen molar-refractivity contribution in [2.24, 2.45) is 23.7 Å². The lowest BCUT2D eigenvalue weighted by atomic mass is 10.00. The van der Waals surface area contributed by atoms with Gasteiger partial charge in [-0.3, -0.25) is 37.3 Å². The zero-order valence-corrected chi connectivity index (χ0v) is 54.9. The summed E-state index contributed by atoms with van der Waals surface area (Å²) in [7, 11) is -9.89. The summed E-state index contributed by atoms with van der Waals surface area (Å²) >= 11 is 0. The molecule has 0 bridgehead atoms. The first-order valence-electron chi connectivity index (χ1n) is 32.7. The zero-order chi connectivity index (χ0) is 61.1. The molecule has 0 aromatic heterocycles. The summed E-state index contributed by atoms with van der Waals surface area (Å²) < 4.78 is 67.9. The predicted octanol–water partition coefficient (Wildman–Crippen LogP) is 17.0. The maximum absolute atomic E-state index is 13.0. The van der Waals surface area contributed by atoms with Crippen molar-refractivity contribution in [3.05, 3.63) is 0 Å². The Morgan fingerprint density at radius 2 is 0.585 bits per heavy atom. The average Bonchev–Trinajstić information content (AvgIpc) is 3.42. The van der Waals surface area contributed by atoms with Crippen molar-refractivity contribution in [3.63, 3.8) is 0 Å². The molecule has 17 nitrogen and oxygen atoms in total. The fourth-order valence-electron chi connectivity index (χ4n) is 9.22. The van der Waals surface area contributed by atoms with E-state index in [4.69, 9.17) is 37.0 Å². The summed E-state index contributed by atoms with van der Waals surface area (Å²) in [6, 6.07) is 0. The van der Waals surface area contributed by atoms with E-state index in [1.54, 1.807) is 0 Å². The number of rotatable bonds is 60. The van der Waals surface area contributed by atoms with Crippen molar-refractivity contribution in [2.45, 2.75) is 318 Å². The molecular weight excluding hydrogens is 1090 g/mol. The Hall–Kier alpha value is -1.94. The normalized spacial score (nSPS) is 14.8. The molecule has 0 saturated heterocycles. The van der Waals surface area contributed by atoms with Gasteiger partial charge in [-0.05, 0) is 49.4 Å². The third kappa shape index (κ3) is 55.9. The van der Waals surface area contributed by atoms with Crippen LogP contribution < -0.4 is 0 Å². The molecule has 0 aliphatic heterocycles. The predicted molar refractivity (Wildman–Crippen MR) is 326 cm³/mol. The quantitative estimate of drug-likeness (QED) is 0.0222. The smallest absolute Gasteiger partial charge is 0.462 e. The van der Waals surface area contributed by atoms with Crippen LogP contribution in [0.25, 0.3) is 0 Å². The highest BCUT2D eigenvalue weighted by Crippen LogP contribution is 2.45. The second kappa shape index (κ2) is 53.3. The van der Waals surface area contributed by atoms with Gasteiger partial charge < -0.3 is 33.8 Å². The number of ether oxygens (including phenoxy) is 4. The van der Waals surface area contributed by atoms with Gasteiger partial charge in [0, 0.05) is 25.7 Å². The minimum absolute atomic E-state index is 0.102. The molecule has 0 rings (SSSR count). The molecule has 4 unspecified atom stereocenters. The van der Waals surface area contributed by atoms with Crippen LogP contribution in [-0.2, 0) is 65.4 Å². The van der Waals surface area contributed by atoms with Crippen LogP contribution >= 0.6 is 15.6 Å². The highest BCUT2D eigenvalue weighted by molar-refractivity contribution is 7.47. The van der Waals surface area contributed by atoms with Gasteiger partial charge in [0.15, 0.2) is 12.2 Å². The Labute approximate surface area is 498 Å². The molecule has 0 aromatic carbocycles. The van der Waals surface area contributed by atoms with Crippen LogP contribution in [0.15, 0.2) is 0 Å². The fourth-order valence-corrected chi connectivity index (χ4v) is 10.8. The van der Waals surface area contributed by atoms with Gasteiger partial charge in [0.05, 0.1) is 26.4 Å². The van der Waals surface area contributed by atoms with Gasteiger partial charge in [0.2, 0.25) is 0 Å². The van der Waals surface area contributed by atoms with Gasteiger partial charge in [-0.1, -0.05) is 248 Å². The SMILES string of the molecule is CCC(C)CCCCCCCCC(=O)O[C@H](COC(=O)CCCCCCCCCCC(C)C)COP(=O)(O)OCC(O)COP(=O)(O)OC[C@@H](COC(=O)CCCCCCCCCCC(C)C)OC(=O)CCCCCCCCCC(C)C. The molecule has 0 spiro atoms. The number of unbranched alkanes of at least 4 members (excludes halogenated alkanes) is 25. The van der Waals surface area contributed by atoms with E-state index in [-0.39, 0.29) is 25.7 Å². The van der Waals surface area contributed by atoms with Crippen LogP contribution in [-0.4, -0.2) is 96.7 Å². The molecule has 0 radical (unpaired) electrons. The number of carbonyl (C=O) groups excluding carboxylic acids is 4. The molecular formula is C63H122O17P2. The summed E-state index contributed by atoms with van der Waals surface area (Å²) in [4.78, 5) is 72.1. The Balaban J connectivity index is 5.25. The molecule has 0 aliphatic carbocycles. The van der Waals surface area contributed by atoms with E-state index in [1.807, 2.05) is 0 Å². The van der Waals surface area contributed by atoms with E-state index in [9.17, 15) is 43.2 Å². The number of hydrogen-bond donors (Lipinski definition) is 3. The van der Waals surface area contributed by atoms with Gasteiger partial charge in [0.1, 0.15) is 19.3 Å². The summed E-state index contributed by atoms with van der Waals surface area (Å²) in [6.45, 7) is 13.9. The molecule has 3 N–H and O–H groups in total. The summed E-state index contributed by atoms with van der Waals surface area (Å²) in [5.41, 5.74) is 0. The topological polar surface area (TPSA) is 237 Å². The first-order chi connectivity index (χ1) is 39.1. The Kier molecular flexibility index (Phi) is 52.0. The van der Waals surface area contributed by atoms with E-state index in [0.717, 1.165) is 108 Å². The van der Waals surface area contributed by atoms with Crippen molar-refractivity contribution in [1.82, 2.24) is 0 Å². The zero-order valence-electron chi connectivity index (χ0n) is 53.1. The maximum atomic E-state index is 13.0. The summed E-state index contributed by atoms with van der Waals surface area (Å²) in [5, 5.41) is 10.5. The van der Waals surface area contributed by atoms with Crippen LogP contribution in [0.1, 0.15) is 299 Å². The Bertz CT molecular complexity index is 1650. The van der Waals surface area contributed by atoms with Gasteiger partial charge in [0.25, 0.3) is 0 Å². The van der Waals surface area contributed by atoms with Crippen LogP contribution in [0.2, 0.25) is 0 Å². The van der Waals surface area contributed by atoms with Crippen molar-refractivity contribution >= 4 is 39.5 Å². The van der Waals surface area contributed by atoms with Gasteiger partial charge in [-0.25, -0.2) is 9.13 Å². The van der Waals surface area contributed by atoms with Gasteiger partial charge in [-0.15, -0.1) is 0 Å². The third-order valence-corrected chi connectivity index (χ3v) is 16.6. The fraction of sp³-hybridized carbons (Fsp3) is 0.937. The molecule has 0 aromatic rings. The number of phosphoric acid groups is 2. The molecule has 0 fully saturated rings. The first kappa shape index (κ1) is 80.1. The van der Waals surface area contributed by atoms with Crippen molar-refractivity contribution < 1.29 is 80.2 Å². The van der Waals surface area contributed by atoms with E-state index < -0.39 is 97.5 Å². The van der Waals surface area contributed by atoms with E-state index in [1.165, 1.54) is 103 Å². The monoisotopic (exact) mass is 1210 g/mol. The van der Waals surface area contributed by atoms with Gasteiger partial charge in [-0.2, -0.15) is 0 Å². The molecule has 19 heteroatoms. The van der Waals surface area contributed by atoms with Crippen molar-refractivity contribution in [2.75, 3.05) is 39.6 Å². The molecule has 0 heterocycles. The number of carbonyl (C=O) groups is 4. The molecule has 486 valence electrons. The molecule has 0 aliphatic rings. The highest BCUT2D eigenvalue weighted by Gasteiger charge is 2.30. The number of aliphatic hydroxyl groups is 1. The number of phosphoric ester groups is 2. The van der Waals surface area contributed by atoms with Gasteiger partial charge >= 0.3 is 39.5 Å². The second-order valence-corrected chi connectivity index (χ2v) is 27.4. The van der Waals surface area contributed by atoms with E-state index in [2.05, 4.69) is 55.4 Å². The first-order valence-corrected chi connectivity index (χ1v) is 35.7. The van der Waals surface area contributed by atoms with Crippen molar-refractivity contribution in [3.8, 4) is 0 Å². The number of esters is 4. The minimum Gasteiger partial charge on any atom is -0.462 e. The van der Waals surface area contributed by atoms with Crippen molar-refractivity contribution in [1.29, 1.82) is 0 Å². The van der Waals surface area contributed by atoms with Crippen LogP contribution in [0.4, 0.5) is 0 Å². The van der Waals surface area contributed by atoms with Crippen LogP contribution in [0.5, 0.6) is 0 Å². The summed E-state index contributed by atoms with van der Waals surface area (Å²) in [6.07, 6.45) is 32.3. The standard InChI is InChI=1S/C63H122O17P2/c1-9-56(8)42-34-26-21-22-30-38-46-63(68)80-59(50-74-61(66)44-36-28-19-13-11-16-24-32-40-54(4)5)52-78-82(71,72)76-48-57(64)47-75-81(69,70)77-51-58(79-62(67)45-37-29-20-14-17-25-33-41-55(6)7)49-73-60(65)43-35-27-18-12-10-15-23-31-39-53(2)3/h53-59,64H,9-52H2,1-8H3,(H,69,70)(H,71,72)/t56?,57?,58-,59-/m1/s1. The third-order valence-electron chi connectivity index (χ3n) is 14.7. The largest absolute Gasteiger partial charge is 0.472 e. The minimum atomic E-state index is -4.94. The number of aliphatic hydroxyl groups excluding tert-OH is 1. The van der Waals surface area contributed by atoms with Crippen LogP contribution in [0.3, 0.4) is 0 Å². The lowest BCUT2D eigenvalue weighted by Crippen LogP contribution is -2.30. The lowest BCUT2D eigenvalue weighted by molar-refractivity contribution is -0.161. The lowest BCUT2D eigenvalue weighted by Gasteiger charge is -2.21. The van der Waals surface area contributed by atoms with E-state index >= 15 is 0 Å². The molecule has 6 atom stereocenters. The molecule has 0 saturated carbocycles. The number of hydrogen-bond acceptors (Lipinski definition) is 15. The average molecular weight is 1210 g/mol. The maximum Gasteiger partial charge on any atom is 0.472 e. The Morgan fingerprint density at radius 3 is 0.866 bits per heavy atom. The Morgan fingerprint density at radius 1 is 0.341 bits per heavy atom. The molecule has 82 heavy (non-hydrogen) atoms. The van der Waals surface area contributed by atoms with E-state index in [0.29, 0.717) is 31.6 Å².